The van der Waals surface area contributed by atoms with Crippen molar-refractivity contribution in [2.24, 2.45) is 11.8 Å². The first-order valence-corrected chi connectivity index (χ1v) is 22.8. The topological polar surface area (TPSA) is 146 Å². The van der Waals surface area contributed by atoms with Crippen LogP contribution < -0.4 is 17.8 Å². The van der Waals surface area contributed by atoms with Crippen LogP contribution in [0, 0.1) is 25.7 Å². The van der Waals surface area contributed by atoms with Crippen molar-refractivity contribution in [3.63, 3.8) is 0 Å². The quantitative estimate of drug-likeness (QED) is 0.104. The van der Waals surface area contributed by atoms with Gasteiger partial charge in [0.25, 0.3) is 0 Å². The van der Waals surface area contributed by atoms with Crippen molar-refractivity contribution < 1.29 is 50.6 Å². The van der Waals surface area contributed by atoms with Crippen molar-refractivity contribution in [2.75, 3.05) is 21.4 Å². The number of hydrogen-bond acceptors (Lipinski definition) is 10. The van der Waals surface area contributed by atoms with Gasteiger partial charge < -0.3 is 28.1 Å². The third-order valence-electron chi connectivity index (χ3n) is 11.1. The Morgan fingerprint density at radius 1 is 0.645 bits per heavy atom. The lowest BCUT2D eigenvalue weighted by Gasteiger charge is -2.32. The van der Waals surface area contributed by atoms with Gasteiger partial charge in [-0.15, -0.1) is 0 Å². The molecule has 2 aliphatic carbocycles. The Balaban J connectivity index is 0.000000261. The number of aryl methyl sites for hydroxylation is 2. The van der Waals surface area contributed by atoms with Crippen LogP contribution in [-0.4, -0.2) is 48.4 Å². The fourth-order valence-electron chi connectivity index (χ4n) is 7.85. The van der Waals surface area contributed by atoms with Gasteiger partial charge in [-0.05, 0) is 103 Å². The molecule has 0 unspecified atom stereocenters. The molecule has 0 spiro atoms. The van der Waals surface area contributed by atoms with Gasteiger partial charge >= 0.3 is 20.2 Å². The average Bonchev–Trinajstić information content (AvgIpc) is 3.20. The predicted molar refractivity (Wildman–Crippen MR) is 242 cm³/mol. The van der Waals surface area contributed by atoms with Crippen LogP contribution in [0.1, 0.15) is 88.8 Å². The number of phenolic OH excluding ortho intramolecular Hbond substituents is 2. The van der Waals surface area contributed by atoms with Crippen LogP contribution in [-0.2, 0) is 20.2 Å². The van der Waals surface area contributed by atoms with Gasteiger partial charge in [-0.1, -0.05) is 83.0 Å². The zero-order chi connectivity index (χ0) is 46.8. The minimum Gasteiger partial charge on any atom is -0.507 e. The molecule has 62 heavy (non-hydrogen) atoms. The fraction of sp³-hybridized carbons (Fsp3) is 0.347. The Labute approximate surface area is 368 Å². The number of aromatic hydroxyl groups is 2. The molecule has 2 aliphatic rings. The summed E-state index contributed by atoms with van der Waals surface area (Å²) < 4.78 is 87.9. The van der Waals surface area contributed by atoms with Gasteiger partial charge in [0.15, 0.2) is 0 Å². The number of methoxy groups -OCH3 is 2. The summed E-state index contributed by atoms with van der Waals surface area (Å²) in [5, 5.41) is 21.2. The highest BCUT2D eigenvalue weighted by atomic mass is 32.2. The summed E-state index contributed by atoms with van der Waals surface area (Å²) in [7, 11) is -5.95. The van der Waals surface area contributed by atoms with Gasteiger partial charge in [-0.25, -0.2) is 0 Å². The third kappa shape index (κ3) is 11.9. The van der Waals surface area contributed by atoms with E-state index in [1.165, 1.54) is 47.5 Å². The molecule has 334 valence electrons. The summed E-state index contributed by atoms with van der Waals surface area (Å²) in [6.07, 6.45) is 8.09. The minimum atomic E-state index is -4.08. The van der Waals surface area contributed by atoms with E-state index in [1.807, 2.05) is 40.7 Å². The van der Waals surface area contributed by atoms with Gasteiger partial charge in [-0.2, -0.15) is 16.8 Å². The molecule has 4 atom stereocenters. The van der Waals surface area contributed by atoms with E-state index >= 15 is 0 Å². The summed E-state index contributed by atoms with van der Waals surface area (Å²) in [5.74, 6) is 0.749. The maximum absolute atomic E-state index is 12.8. The molecule has 0 aromatic heterocycles. The molecule has 0 fully saturated rings. The largest absolute Gasteiger partial charge is 0.507 e. The van der Waals surface area contributed by atoms with Crippen LogP contribution in [0.2, 0.25) is 0 Å². The normalized spacial score (nSPS) is 18.8. The zero-order valence-corrected chi connectivity index (χ0v) is 38.3. The van der Waals surface area contributed by atoms with Crippen molar-refractivity contribution in [3.05, 3.63) is 143 Å². The van der Waals surface area contributed by atoms with Gasteiger partial charge in [0.05, 0.1) is 22.7 Å². The number of alkyl halides is 1. The molecule has 0 radical (unpaired) electrons. The van der Waals surface area contributed by atoms with Gasteiger partial charge in [0.2, 0.25) is 0 Å². The molecule has 0 bridgehead atoms. The SMILES string of the molecule is C=C(C)[C@@H]1CCC(C)=C[C@H]1c1c(O)cc(OS(=O)(=O)c2ccc(C)cc2)cc1O.C=C(C)[C@@H]1CCC(C)=C[C@H]1c1c(OC)cc(OS(=O)(=O)c2ccc(C)cc2)cc1OC.[2H]CF. The van der Waals surface area contributed by atoms with Crippen molar-refractivity contribution in [1.82, 2.24) is 0 Å². The summed E-state index contributed by atoms with van der Waals surface area (Å²) in [6.45, 7) is 20.1. The van der Waals surface area contributed by atoms with Crippen LogP contribution in [0.4, 0.5) is 4.39 Å². The molecule has 4 aromatic rings. The zero-order valence-electron chi connectivity index (χ0n) is 37.7. The van der Waals surface area contributed by atoms with E-state index in [0.29, 0.717) is 17.1 Å². The smallest absolute Gasteiger partial charge is 0.339 e. The maximum Gasteiger partial charge on any atom is 0.339 e. The number of phenols is 2. The van der Waals surface area contributed by atoms with E-state index in [-0.39, 0.29) is 56.5 Å². The number of rotatable bonds is 12. The lowest BCUT2D eigenvalue weighted by Crippen LogP contribution is -2.18. The first kappa shape index (κ1) is 47.5. The Morgan fingerprint density at radius 3 is 1.32 bits per heavy atom. The van der Waals surface area contributed by atoms with Gasteiger partial charge in [-0.3, -0.25) is 4.39 Å². The molecule has 6 rings (SSSR count). The van der Waals surface area contributed by atoms with E-state index in [2.05, 4.69) is 26.2 Å². The predicted octanol–water partition coefficient (Wildman–Crippen LogP) is 11.6. The average molecular weight is 892 g/mol. The van der Waals surface area contributed by atoms with Gasteiger partial charge in [0.1, 0.15) is 44.3 Å². The van der Waals surface area contributed by atoms with Crippen LogP contribution in [0.15, 0.2) is 130 Å². The van der Waals surface area contributed by atoms with Crippen LogP contribution in [0.25, 0.3) is 0 Å². The number of ether oxygens (including phenoxy) is 2. The maximum atomic E-state index is 12.8. The molecule has 2 N–H and O–H groups in total. The monoisotopic (exact) mass is 891 g/mol. The molecular formula is C49H59FO10S2. The second-order valence-corrected chi connectivity index (χ2v) is 19.0. The number of halogens is 1. The minimum absolute atomic E-state index is 0.000610. The van der Waals surface area contributed by atoms with Crippen LogP contribution in [0.3, 0.4) is 0 Å². The molecule has 0 amide bonds. The Hall–Kier alpha value is -5.53. The van der Waals surface area contributed by atoms with E-state index < -0.39 is 27.4 Å². The first-order chi connectivity index (χ1) is 29.7. The Bertz CT molecular complexity index is 2500. The summed E-state index contributed by atoms with van der Waals surface area (Å²) >= 11 is 0. The summed E-state index contributed by atoms with van der Waals surface area (Å²) in [5.41, 5.74) is 7.66. The highest BCUT2D eigenvalue weighted by Gasteiger charge is 2.33. The molecule has 4 aromatic carbocycles. The summed E-state index contributed by atoms with van der Waals surface area (Å²) in [6, 6.07) is 18.4. The first-order valence-electron chi connectivity index (χ1n) is 20.7. The van der Waals surface area contributed by atoms with E-state index in [4.69, 9.17) is 19.2 Å². The second-order valence-electron chi connectivity index (χ2n) is 15.9. The summed E-state index contributed by atoms with van der Waals surface area (Å²) in [4.78, 5) is 0.0904. The number of allylic oxidation sites excluding steroid dienone is 6. The van der Waals surface area contributed by atoms with Crippen molar-refractivity contribution >= 4 is 20.2 Å². The Morgan fingerprint density at radius 2 is 0.984 bits per heavy atom. The van der Waals surface area contributed by atoms with Crippen molar-refractivity contribution in [2.45, 2.75) is 88.9 Å². The molecule has 0 saturated carbocycles. The lowest BCUT2D eigenvalue weighted by atomic mass is 9.74. The highest BCUT2D eigenvalue weighted by Crippen LogP contribution is 2.49. The number of benzene rings is 4. The molecule has 10 nitrogen and oxygen atoms in total. The lowest BCUT2D eigenvalue weighted by molar-refractivity contribution is 0.365. The highest BCUT2D eigenvalue weighted by molar-refractivity contribution is 7.87. The molecular weight excluding hydrogens is 832 g/mol. The Kier molecular flexibility index (Phi) is 16.1. The van der Waals surface area contributed by atoms with Crippen molar-refractivity contribution in [1.29, 1.82) is 0 Å². The third-order valence-corrected chi connectivity index (χ3v) is 13.6. The molecule has 0 aliphatic heterocycles. The van der Waals surface area contributed by atoms with Crippen LogP contribution >= 0.6 is 0 Å². The van der Waals surface area contributed by atoms with Crippen LogP contribution in [0.5, 0.6) is 34.5 Å². The second kappa shape index (κ2) is 21.0. The fourth-order valence-corrected chi connectivity index (χ4v) is 9.68. The number of hydrogen-bond donors (Lipinski definition) is 2. The van der Waals surface area contributed by atoms with E-state index in [9.17, 15) is 31.4 Å². The van der Waals surface area contributed by atoms with E-state index in [0.717, 1.165) is 53.5 Å². The molecule has 0 saturated heterocycles. The van der Waals surface area contributed by atoms with Crippen molar-refractivity contribution in [3.8, 4) is 34.5 Å². The standard InChI is InChI=1S/C25H30O5S.C23H26O5S.CH3F/c1-16(2)21-12-9-18(4)13-22(21)25-23(28-5)14-19(15-24(25)29-6)30-31(26,27)20-10-7-17(3)8-11-20;1-14(2)19-10-7-16(4)11-20(19)23-21(24)12-17(13-22(23)25)28-29(26,27)18-8-5-15(3)6-9-18;1-2/h7-8,10-11,13-15,21-22H,1,9,12H2,2-6H3;5-6,8-9,11-13,19-20,24-25H,1,7,10H2,2-4H3;1H3/t21-,22+;19-,20+;/m00./s1/i;;1D. The molecule has 13 heteroatoms. The van der Waals surface area contributed by atoms with E-state index in [1.54, 1.807) is 50.6 Å². The molecule has 0 heterocycles. The van der Waals surface area contributed by atoms with Gasteiger partial charge in [0, 0.05) is 47.2 Å².